The van der Waals surface area contributed by atoms with Gasteiger partial charge in [-0.05, 0) is 43.2 Å². The SMILES string of the molecule is Cc1cnc(C(=O)N2CCCC2Cc2c(C(N)=O)sc3ccccc23)cn1. The highest BCUT2D eigenvalue weighted by molar-refractivity contribution is 7.21. The van der Waals surface area contributed by atoms with E-state index in [-0.39, 0.29) is 11.9 Å². The predicted molar refractivity (Wildman–Crippen MR) is 105 cm³/mol. The molecule has 1 aliphatic rings. The maximum absolute atomic E-state index is 12.9. The molecule has 4 rings (SSSR count). The van der Waals surface area contributed by atoms with Gasteiger partial charge in [-0.15, -0.1) is 11.3 Å². The topological polar surface area (TPSA) is 89.2 Å². The van der Waals surface area contributed by atoms with Gasteiger partial charge < -0.3 is 10.6 Å². The Balaban J connectivity index is 1.65. The summed E-state index contributed by atoms with van der Waals surface area (Å²) in [6.45, 7) is 2.53. The number of likely N-dealkylation sites (tertiary alicyclic amines) is 1. The summed E-state index contributed by atoms with van der Waals surface area (Å²) in [5, 5.41) is 1.05. The summed E-state index contributed by atoms with van der Waals surface area (Å²) >= 11 is 1.42. The van der Waals surface area contributed by atoms with Crippen molar-refractivity contribution in [2.75, 3.05) is 6.54 Å². The summed E-state index contributed by atoms with van der Waals surface area (Å²) in [5.74, 6) is -0.517. The number of aryl methyl sites for hydroxylation is 1. The molecular formula is C20H20N4O2S. The number of carbonyl (C=O) groups excluding carboxylic acids is 2. The molecule has 6 nitrogen and oxygen atoms in total. The standard InChI is InChI=1S/C20H20N4O2S/c1-12-10-23-16(11-22-12)20(26)24-8-4-5-13(24)9-15-14-6-2-3-7-17(14)27-18(15)19(21)25/h2-3,6-7,10-11,13H,4-5,8-9H2,1H3,(H2,21,25). The van der Waals surface area contributed by atoms with Crippen LogP contribution in [0.2, 0.25) is 0 Å². The first-order chi connectivity index (χ1) is 13.0. The van der Waals surface area contributed by atoms with E-state index in [1.54, 1.807) is 6.20 Å². The van der Waals surface area contributed by atoms with Gasteiger partial charge in [0.2, 0.25) is 0 Å². The number of benzene rings is 1. The van der Waals surface area contributed by atoms with Crippen LogP contribution in [0.15, 0.2) is 36.7 Å². The molecule has 0 aliphatic carbocycles. The zero-order chi connectivity index (χ0) is 19.0. The fourth-order valence-corrected chi connectivity index (χ4v) is 4.79. The molecule has 0 spiro atoms. The molecule has 138 valence electrons. The average molecular weight is 380 g/mol. The number of rotatable bonds is 4. The molecule has 1 aromatic carbocycles. The number of thiophene rings is 1. The second-order valence-corrected chi connectivity index (χ2v) is 7.86. The highest BCUT2D eigenvalue weighted by Crippen LogP contribution is 2.34. The third kappa shape index (κ3) is 3.30. The maximum atomic E-state index is 12.9. The lowest BCUT2D eigenvalue weighted by molar-refractivity contribution is 0.0730. The lowest BCUT2D eigenvalue weighted by atomic mass is 10.0. The van der Waals surface area contributed by atoms with Crippen molar-refractivity contribution in [1.82, 2.24) is 14.9 Å². The third-order valence-corrected chi connectivity index (χ3v) is 6.23. The van der Waals surface area contributed by atoms with E-state index in [1.165, 1.54) is 17.5 Å². The molecule has 2 N–H and O–H groups in total. The van der Waals surface area contributed by atoms with E-state index in [4.69, 9.17) is 5.73 Å². The second-order valence-electron chi connectivity index (χ2n) is 6.81. The van der Waals surface area contributed by atoms with Crippen LogP contribution in [-0.2, 0) is 6.42 Å². The van der Waals surface area contributed by atoms with E-state index in [9.17, 15) is 9.59 Å². The van der Waals surface area contributed by atoms with Gasteiger partial charge >= 0.3 is 0 Å². The normalized spacial score (nSPS) is 16.8. The van der Waals surface area contributed by atoms with E-state index < -0.39 is 5.91 Å². The van der Waals surface area contributed by atoms with Crippen LogP contribution in [0.5, 0.6) is 0 Å². The molecule has 0 saturated carbocycles. The molecule has 3 aromatic rings. The van der Waals surface area contributed by atoms with Crippen molar-refractivity contribution in [1.29, 1.82) is 0 Å². The number of nitrogens with two attached hydrogens (primary N) is 1. The van der Waals surface area contributed by atoms with Gasteiger partial charge in [-0.3, -0.25) is 14.6 Å². The number of aromatic nitrogens is 2. The Bertz CT molecular complexity index is 1010. The van der Waals surface area contributed by atoms with Crippen molar-refractivity contribution < 1.29 is 9.59 Å². The predicted octanol–water partition coefficient (Wildman–Crippen LogP) is 2.95. The Kier molecular flexibility index (Phi) is 4.61. The van der Waals surface area contributed by atoms with Crippen molar-refractivity contribution in [3.05, 3.63) is 58.5 Å². The van der Waals surface area contributed by atoms with E-state index in [2.05, 4.69) is 9.97 Å². The summed E-state index contributed by atoms with van der Waals surface area (Å²) in [6.07, 6.45) is 5.59. The first-order valence-corrected chi connectivity index (χ1v) is 9.76. The molecule has 3 heterocycles. The van der Waals surface area contributed by atoms with Crippen LogP contribution in [0.4, 0.5) is 0 Å². The van der Waals surface area contributed by atoms with Crippen molar-refractivity contribution in [2.24, 2.45) is 5.73 Å². The van der Waals surface area contributed by atoms with Crippen molar-refractivity contribution in [2.45, 2.75) is 32.2 Å². The number of hydrogen-bond donors (Lipinski definition) is 1. The van der Waals surface area contributed by atoms with Gasteiger partial charge in [0, 0.05) is 23.5 Å². The molecule has 2 aromatic heterocycles. The second kappa shape index (κ2) is 7.08. The van der Waals surface area contributed by atoms with Crippen molar-refractivity contribution >= 4 is 33.2 Å². The molecule has 1 atom stereocenters. The van der Waals surface area contributed by atoms with Crippen LogP contribution < -0.4 is 5.73 Å². The molecule has 0 bridgehead atoms. The molecule has 7 heteroatoms. The first-order valence-electron chi connectivity index (χ1n) is 8.94. The lowest BCUT2D eigenvalue weighted by Crippen LogP contribution is -2.37. The van der Waals surface area contributed by atoms with Crippen molar-refractivity contribution in [3.63, 3.8) is 0 Å². The summed E-state index contributed by atoms with van der Waals surface area (Å²) < 4.78 is 1.04. The van der Waals surface area contributed by atoms with Gasteiger partial charge in [0.15, 0.2) is 0 Å². The maximum Gasteiger partial charge on any atom is 0.274 e. The average Bonchev–Trinajstić information content (AvgIpc) is 3.27. The number of fused-ring (bicyclic) bond motifs is 1. The number of hydrogen-bond acceptors (Lipinski definition) is 5. The van der Waals surface area contributed by atoms with Crippen LogP contribution in [0, 0.1) is 6.92 Å². The van der Waals surface area contributed by atoms with E-state index >= 15 is 0 Å². The van der Waals surface area contributed by atoms with Crippen LogP contribution in [0.1, 0.15) is 44.3 Å². The Labute approximate surface area is 161 Å². The van der Waals surface area contributed by atoms with Gasteiger partial charge in [-0.25, -0.2) is 4.98 Å². The lowest BCUT2D eigenvalue weighted by Gasteiger charge is -2.24. The zero-order valence-corrected chi connectivity index (χ0v) is 15.8. The highest BCUT2D eigenvalue weighted by Gasteiger charge is 2.32. The Morgan fingerprint density at radius 2 is 2.07 bits per heavy atom. The van der Waals surface area contributed by atoms with Crippen LogP contribution >= 0.6 is 11.3 Å². The summed E-state index contributed by atoms with van der Waals surface area (Å²) in [4.78, 5) is 35.7. The number of primary amides is 1. The van der Waals surface area contributed by atoms with E-state index in [1.807, 2.05) is 36.1 Å². The molecule has 1 aliphatic heterocycles. The number of carbonyl (C=O) groups is 2. The Morgan fingerprint density at radius 3 is 2.81 bits per heavy atom. The summed E-state index contributed by atoms with van der Waals surface area (Å²) in [5.41, 5.74) is 7.71. The summed E-state index contributed by atoms with van der Waals surface area (Å²) in [7, 11) is 0. The van der Waals surface area contributed by atoms with Crippen molar-refractivity contribution in [3.8, 4) is 0 Å². The highest BCUT2D eigenvalue weighted by atomic mass is 32.1. The van der Waals surface area contributed by atoms with Crippen LogP contribution in [-0.4, -0.2) is 39.3 Å². The minimum absolute atomic E-state index is 0.0247. The van der Waals surface area contributed by atoms with E-state index in [0.29, 0.717) is 23.5 Å². The molecule has 0 radical (unpaired) electrons. The minimum atomic E-state index is -0.411. The Morgan fingerprint density at radius 1 is 1.26 bits per heavy atom. The minimum Gasteiger partial charge on any atom is -0.365 e. The molecule has 1 saturated heterocycles. The fraction of sp³-hybridized carbons (Fsp3) is 0.300. The molecule has 1 fully saturated rings. The molecular weight excluding hydrogens is 360 g/mol. The molecule has 2 amide bonds. The van der Waals surface area contributed by atoms with Crippen LogP contribution in [0.25, 0.3) is 10.1 Å². The largest absolute Gasteiger partial charge is 0.365 e. The zero-order valence-electron chi connectivity index (χ0n) is 15.0. The fourth-order valence-electron chi connectivity index (χ4n) is 3.70. The third-order valence-electron chi connectivity index (χ3n) is 5.00. The van der Waals surface area contributed by atoms with Gasteiger partial charge in [0.25, 0.3) is 11.8 Å². The Hall–Kier alpha value is -2.80. The molecule has 27 heavy (non-hydrogen) atoms. The monoisotopic (exact) mass is 380 g/mol. The molecule has 1 unspecified atom stereocenters. The smallest absolute Gasteiger partial charge is 0.274 e. The van der Waals surface area contributed by atoms with E-state index in [0.717, 1.165) is 34.2 Å². The van der Waals surface area contributed by atoms with Gasteiger partial charge in [0.05, 0.1) is 16.8 Å². The number of nitrogens with zero attached hydrogens (tertiary/aromatic N) is 3. The number of amides is 2. The summed E-state index contributed by atoms with van der Waals surface area (Å²) in [6, 6.07) is 7.95. The van der Waals surface area contributed by atoms with Gasteiger partial charge in [-0.2, -0.15) is 0 Å². The first kappa shape index (κ1) is 17.6. The van der Waals surface area contributed by atoms with Gasteiger partial charge in [0.1, 0.15) is 5.69 Å². The van der Waals surface area contributed by atoms with Crippen LogP contribution in [0.3, 0.4) is 0 Å². The quantitative estimate of drug-likeness (QED) is 0.754. The van der Waals surface area contributed by atoms with Gasteiger partial charge in [-0.1, -0.05) is 18.2 Å².